The maximum Gasteiger partial charge on any atom is 0.450 e. The molecular weight excluding hydrogens is 323 g/mol. The third kappa shape index (κ3) is 2.62. The third-order valence-electron chi connectivity index (χ3n) is 2.29. The van der Waals surface area contributed by atoms with Crippen LogP contribution in [0.15, 0.2) is 32.4 Å². The number of nitrogens with one attached hydrogen (secondary N) is 1. The molecule has 110 valence electrons. The number of anilines is 1. The second kappa shape index (κ2) is 4.17. The lowest BCUT2D eigenvalue weighted by molar-refractivity contribution is -0.0585. The Labute approximate surface area is 111 Å². The van der Waals surface area contributed by atoms with Gasteiger partial charge in [-0.1, -0.05) is 0 Å². The Bertz CT molecular complexity index is 812. The van der Waals surface area contributed by atoms with Crippen molar-refractivity contribution in [3.8, 4) is 0 Å². The van der Waals surface area contributed by atoms with E-state index in [9.17, 15) is 30.0 Å². The van der Waals surface area contributed by atoms with Gasteiger partial charge in [0.05, 0.1) is 10.6 Å². The summed E-state index contributed by atoms with van der Waals surface area (Å²) >= 11 is 0. The van der Waals surface area contributed by atoms with Crippen molar-refractivity contribution in [1.82, 2.24) is 0 Å². The van der Waals surface area contributed by atoms with E-state index in [1.807, 2.05) is 0 Å². The highest BCUT2D eigenvalue weighted by Crippen LogP contribution is 2.32. The molecule has 1 aliphatic heterocycles. The lowest BCUT2D eigenvalue weighted by Crippen LogP contribution is -2.34. The monoisotopic (exact) mass is 329 g/mol. The number of nitrogens with zero attached hydrogens (tertiary/aromatic N) is 1. The van der Waals surface area contributed by atoms with Crippen LogP contribution in [-0.4, -0.2) is 28.8 Å². The van der Waals surface area contributed by atoms with E-state index < -0.39 is 47.5 Å². The summed E-state index contributed by atoms with van der Waals surface area (Å²) in [5.74, 6) is -1.70. The summed E-state index contributed by atoms with van der Waals surface area (Å²) in [6.07, 6.45) is -4.98. The van der Waals surface area contributed by atoms with Gasteiger partial charge in [0.2, 0.25) is 15.9 Å². The van der Waals surface area contributed by atoms with Gasteiger partial charge in [0.1, 0.15) is 4.90 Å². The highest BCUT2D eigenvalue weighted by atomic mass is 32.2. The van der Waals surface area contributed by atoms with Gasteiger partial charge in [-0.3, -0.25) is 0 Å². The Morgan fingerprint density at radius 2 is 1.85 bits per heavy atom. The molecule has 0 bridgehead atoms. The number of alkyl halides is 3. The Balaban J connectivity index is 2.66. The number of hydrogen-bond acceptors (Lipinski definition) is 5. The molecule has 20 heavy (non-hydrogen) atoms. The van der Waals surface area contributed by atoms with Crippen LogP contribution in [0, 0.1) is 0 Å². The van der Waals surface area contributed by atoms with Crippen molar-refractivity contribution in [2.24, 2.45) is 9.54 Å². The first-order chi connectivity index (χ1) is 8.91. The molecule has 0 radical (unpaired) electrons. The summed E-state index contributed by atoms with van der Waals surface area (Å²) in [5, 5.41) is 6.60. The predicted molar refractivity (Wildman–Crippen MR) is 62.1 cm³/mol. The van der Waals surface area contributed by atoms with E-state index in [4.69, 9.17) is 5.14 Å². The Morgan fingerprint density at radius 1 is 1.25 bits per heavy atom. The Hall–Kier alpha value is -1.66. The minimum atomic E-state index is -4.98. The van der Waals surface area contributed by atoms with E-state index in [1.165, 1.54) is 0 Å². The van der Waals surface area contributed by atoms with Gasteiger partial charge >= 0.3 is 6.18 Å². The largest absolute Gasteiger partial charge is 0.450 e. The number of rotatable bonds is 1. The van der Waals surface area contributed by atoms with Crippen LogP contribution in [-0.2, 0) is 20.0 Å². The minimum absolute atomic E-state index is 0.431. The molecule has 0 aliphatic carbocycles. The van der Waals surface area contributed by atoms with Crippen molar-refractivity contribution in [2.75, 3.05) is 5.32 Å². The molecule has 0 aromatic heterocycles. The first-order valence-corrected chi connectivity index (χ1v) is 7.76. The average molecular weight is 329 g/mol. The molecule has 12 heteroatoms. The molecule has 2 rings (SSSR count). The second-order valence-corrected chi connectivity index (χ2v) is 6.87. The average Bonchev–Trinajstić information content (AvgIpc) is 2.25. The van der Waals surface area contributed by atoms with Crippen molar-refractivity contribution in [3.63, 3.8) is 0 Å². The van der Waals surface area contributed by atoms with E-state index in [-0.39, 0.29) is 0 Å². The zero-order valence-electron chi connectivity index (χ0n) is 9.34. The van der Waals surface area contributed by atoms with Crippen LogP contribution in [0.25, 0.3) is 0 Å². The molecule has 0 fully saturated rings. The Morgan fingerprint density at radius 3 is 2.35 bits per heavy atom. The lowest BCUT2D eigenvalue weighted by Gasteiger charge is -2.19. The van der Waals surface area contributed by atoms with E-state index in [0.29, 0.717) is 6.07 Å². The van der Waals surface area contributed by atoms with Gasteiger partial charge in [-0.25, -0.2) is 13.6 Å². The lowest BCUT2D eigenvalue weighted by atomic mass is 10.3. The molecule has 1 aliphatic rings. The SMILES string of the molecule is NS(=O)(=O)c1ccc2c(c1)S(=O)(=O)N=C(C(F)(F)F)N2. The first kappa shape index (κ1) is 14.7. The molecule has 0 amide bonds. The zero-order valence-corrected chi connectivity index (χ0v) is 11.0. The smallest absolute Gasteiger partial charge is 0.334 e. The van der Waals surface area contributed by atoms with Crippen LogP contribution in [0.3, 0.4) is 0 Å². The maximum atomic E-state index is 12.5. The molecule has 0 saturated carbocycles. The van der Waals surface area contributed by atoms with Crippen LogP contribution in [0.1, 0.15) is 0 Å². The summed E-state index contributed by atoms with van der Waals surface area (Å²) in [6, 6.07) is 2.40. The second-order valence-electron chi connectivity index (χ2n) is 3.74. The number of nitrogens with two attached hydrogens (primary N) is 1. The number of halogens is 3. The fraction of sp³-hybridized carbons (Fsp3) is 0.125. The molecule has 0 atom stereocenters. The minimum Gasteiger partial charge on any atom is -0.334 e. The van der Waals surface area contributed by atoms with Crippen LogP contribution in [0.4, 0.5) is 18.9 Å². The molecule has 0 unspecified atom stereocenters. The fourth-order valence-corrected chi connectivity index (χ4v) is 3.21. The quantitative estimate of drug-likeness (QED) is 0.773. The van der Waals surface area contributed by atoms with E-state index in [0.717, 1.165) is 12.1 Å². The predicted octanol–water partition coefficient (Wildman–Crippen LogP) is 0.409. The highest BCUT2D eigenvalue weighted by molar-refractivity contribution is 7.91. The number of sulfonamides is 2. The number of hydrogen-bond donors (Lipinski definition) is 2. The molecule has 7 nitrogen and oxygen atoms in total. The van der Waals surface area contributed by atoms with Crippen molar-refractivity contribution < 1.29 is 30.0 Å². The van der Waals surface area contributed by atoms with Gasteiger partial charge in [-0.05, 0) is 18.2 Å². The summed E-state index contributed by atoms with van der Waals surface area (Å²) in [4.78, 5) is -1.25. The van der Waals surface area contributed by atoms with Gasteiger partial charge in [0.15, 0.2) is 0 Å². The molecule has 1 heterocycles. The summed E-state index contributed by atoms with van der Waals surface area (Å²) in [5.41, 5.74) is -0.431. The first-order valence-electron chi connectivity index (χ1n) is 4.77. The molecule has 0 saturated heterocycles. The van der Waals surface area contributed by atoms with Crippen LogP contribution >= 0.6 is 0 Å². The number of benzene rings is 1. The van der Waals surface area contributed by atoms with Crippen molar-refractivity contribution >= 4 is 31.6 Å². The highest BCUT2D eigenvalue weighted by Gasteiger charge is 2.41. The number of primary sulfonamides is 1. The van der Waals surface area contributed by atoms with Crippen molar-refractivity contribution in [2.45, 2.75) is 16.0 Å². The fourth-order valence-electron chi connectivity index (χ4n) is 1.44. The standard InChI is InChI=1S/C8H6F3N3O4S2/c9-8(10,11)7-13-5-2-1-4(19(12,15)16)3-6(5)20(17,18)14-7/h1-3H,(H,13,14)(H2,12,15,16). The van der Waals surface area contributed by atoms with Gasteiger partial charge in [-0.15, -0.1) is 4.40 Å². The van der Waals surface area contributed by atoms with Gasteiger partial charge < -0.3 is 5.32 Å². The van der Waals surface area contributed by atoms with Gasteiger partial charge in [-0.2, -0.15) is 21.6 Å². The molecule has 0 spiro atoms. The van der Waals surface area contributed by atoms with Crippen LogP contribution in [0.5, 0.6) is 0 Å². The summed E-state index contributed by atoms with van der Waals surface area (Å²) in [6.45, 7) is 0. The van der Waals surface area contributed by atoms with Gasteiger partial charge in [0.25, 0.3) is 10.0 Å². The maximum absolute atomic E-state index is 12.5. The molecule has 1 aromatic rings. The zero-order chi connectivity index (χ0) is 15.3. The van der Waals surface area contributed by atoms with Gasteiger partial charge in [0, 0.05) is 0 Å². The van der Waals surface area contributed by atoms with Crippen molar-refractivity contribution in [1.29, 1.82) is 0 Å². The van der Waals surface area contributed by atoms with E-state index in [2.05, 4.69) is 4.40 Å². The summed E-state index contributed by atoms with van der Waals surface area (Å²) < 4.78 is 85.5. The topological polar surface area (TPSA) is 119 Å². The summed E-state index contributed by atoms with van der Waals surface area (Å²) in [7, 11) is -8.86. The number of amidine groups is 1. The van der Waals surface area contributed by atoms with Crippen LogP contribution in [0.2, 0.25) is 0 Å². The van der Waals surface area contributed by atoms with Crippen LogP contribution < -0.4 is 10.5 Å². The Kier molecular flexibility index (Phi) is 3.07. The van der Waals surface area contributed by atoms with Crippen molar-refractivity contribution in [3.05, 3.63) is 18.2 Å². The van der Waals surface area contributed by atoms with E-state index in [1.54, 1.807) is 5.32 Å². The van der Waals surface area contributed by atoms with E-state index >= 15 is 0 Å². The third-order valence-corrected chi connectivity index (χ3v) is 4.52. The molecular formula is C8H6F3N3O4S2. The normalized spacial score (nSPS) is 17.9. The number of fused-ring (bicyclic) bond motifs is 1. The molecule has 3 N–H and O–H groups in total. The molecule has 1 aromatic carbocycles.